The summed E-state index contributed by atoms with van der Waals surface area (Å²) in [4.78, 5) is 0. The fourth-order valence-electron chi connectivity index (χ4n) is 4.12. The van der Waals surface area contributed by atoms with Crippen LogP contribution in [0.25, 0.3) is 22.5 Å². The first-order valence-electron chi connectivity index (χ1n) is 12.5. The van der Waals surface area contributed by atoms with Crippen molar-refractivity contribution in [3.05, 3.63) is 125 Å². The normalized spacial score (nSPS) is 11.4. The van der Waals surface area contributed by atoms with Crippen molar-refractivity contribution in [3.8, 4) is 22.5 Å². The van der Waals surface area contributed by atoms with Gasteiger partial charge in [0.05, 0.1) is 0 Å². The molecule has 0 unspecified atom stereocenters. The van der Waals surface area contributed by atoms with Crippen molar-refractivity contribution in [1.29, 1.82) is 0 Å². The molecule has 0 aliphatic rings. The molecule has 0 aliphatic carbocycles. The van der Waals surface area contributed by atoms with E-state index in [0.717, 1.165) is 6.54 Å². The quantitative estimate of drug-likeness (QED) is 0.170. The van der Waals surface area contributed by atoms with Crippen molar-refractivity contribution in [2.24, 2.45) is 7.05 Å². The summed E-state index contributed by atoms with van der Waals surface area (Å²) in [5, 5.41) is 0. The van der Waals surface area contributed by atoms with E-state index in [1.165, 1.54) is 31.9 Å². The van der Waals surface area contributed by atoms with Crippen molar-refractivity contribution >= 4 is 16.6 Å². The van der Waals surface area contributed by atoms with Gasteiger partial charge in [0.25, 0.3) is 0 Å². The van der Waals surface area contributed by atoms with E-state index in [-0.39, 0.29) is 0 Å². The number of nitrogens with zero attached hydrogens (tertiary/aromatic N) is 2. The van der Waals surface area contributed by atoms with Crippen LogP contribution in [-0.4, -0.2) is 25.8 Å². The van der Waals surface area contributed by atoms with Crippen LogP contribution in [0.3, 0.4) is 0 Å². The molecular weight excluding hydrogens is 668 g/mol. The zero-order valence-corrected chi connectivity index (χ0v) is 26.8. The molecule has 4 aromatic rings. The molecule has 0 amide bonds. The molecule has 0 saturated heterocycles. The van der Waals surface area contributed by atoms with Crippen LogP contribution in [-0.2, 0) is 37.1 Å². The van der Waals surface area contributed by atoms with Crippen LogP contribution in [0, 0.1) is 3.80 Å². The van der Waals surface area contributed by atoms with Gasteiger partial charge in [-0.25, -0.2) is 0 Å². The van der Waals surface area contributed by atoms with Crippen LogP contribution in [0.4, 0.5) is 0 Å². The third-order valence-electron chi connectivity index (χ3n) is 6.08. The Balaban J connectivity index is 0.000000295. The SMILES string of the molecule is C=C[Si](C)(C)O[Si](C)(C)C=C.Cn1c(-c2ccccc2)c(-c2ccccc2)n(Cc2ccccc2)[c]1=[Pt]. The maximum absolute atomic E-state index is 5.97. The predicted molar refractivity (Wildman–Crippen MR) is 160 cm³/mol. The maximum atomic E-state index is 5.97. The third kappa shape index (κ3) is 7.71. The van der Waals surface area contributed by atoms with E-state index in [1.807, 2.05) is 11.4 Å². The Hall–Kier alpha value is -2.57. The van der Waals surface area contributed by atoms with E-state index in [4.69, 9.17) is 4.12 Å². The molecule has 0 aliphatic heterocycles. The molecule has 6 heteroatoms. The second kappa shape index (κ2) is 12.8. The van der Waals surface area contributed by atoms with Crippen LogP contribution in [0.15, 0.2) is 116 Å². The molecule has 0 atom stereocenters. The summed E-state index contributed by atoms with van der Waals surface area (Å²) in [5.74, 6) is 0. The van der Waals surface area contributed by atoms with Gasteiger partial charge in [0.2, 0.25) is 0 Å². The van der Waals surface area contributed by atoms with Gasteiger partial charge in [-0.05, 0) is 26.2 Å². The summed E-state index contributed by atoms with van der Waals surface area (Å²) < 4.78 is 11.9. The van der Waals surface area contributed by atoms with Gasteiger partial charge in [0, 0.05) is 0 Å². The summed E-state index contributed by atoms with van der Waals surface area (Å²) in [6, 6.07) is 32.0. The van der Waals surface area contributed by atoms with Gasteiger partial charge >= 0.3 is 165 Å². The first-order valence-corrected chi connectivity index (χ1v) is 19.6. The molecule has 0 radical (unpaired) electrons. The van der Waals surface area contributed by atoms with Gasteiger partial charge < -0.3 is 4.12 Å². The topological polar surface area (TPSA) is 19.1 Å². The second-order valence-electron chi connectivity index (χ2n) is 10.0. The van der Waals surface area contributed by atoms with Gasteiger partial charge in [-0.2, -0.15) is 0 Å². The minimum absolute atomic E-state index is 0.852. The fourth-order valence-corrected chi connectivity index (χ4v) is 10.9. The Labute approximate surface area is 235 Å². The molecule has 0 saturated carbocycles. The summed E-state index contributed by atoms with van der Waals surface area (Å²) in [7, 11) is -1.01. The van der Waals surface area contributed by atoms with E-state index >= 15 is 0 Å². The van der Waals surface area contributed by atoms with Gasteiger partial charge in [-0.15, -0.1) is 13.2 Å². The molecule has 1 aromatic heterocycles. The van der Waals surface area contributed by atoms with E-state index in [2.05, 4.69) is 166 Å². The van der Waals surface area contributed by atoms with Crippen molar-refractivity contribution in [2.45, 2.75) is 32.7 Å². The average Bonchev–Trinajstić information content (AvgIpc) is 3.15. The molecule has 4 rings (SSSR count). The van der Waals surface area contributed by atoms with Crippen LogP contribution < -0.4 is 0 Å². The van der Waals surface area contributed by atoms with Crippen LogP contribution in [0.5, 0.6) is 0 Å². The Bertz CT molecular complexity index is 1360. The molecule has 37 heavy (non-hydrogen) atoms. The van der Waals surface area contributed by atoms with Gasteiger partial charge in [0.1, 0.15) is 0 Å². The van der Waals surface area contributed by atoms with E-state index in [1.54, 1.807) is 0 Å². The zero-order chi connectivity index (χ0) is 27.1. The second-order valence-corrected chi connectivity index (χ2v) is 19.1. The number of rotatable bonds is 8. The average molecular weight is 706 g/mol. The minimum atomic E-state index is -1.58. The molecular formula is C31H38N2OPtSi2. The van der Waals surface area contributed by atoms with E-state index in [9.17, 15) is 0 Å². The van der Waals surface area contributed by atoms with Crippen molar-refractivity contribution in [2.75, 3.05) is 0 Å². The summed E-state index contributed by atoms with van der Waals surface area (Å²) in [6.45, 7) is 17.0. The molecule has 1 heterocycles. The fraction of sp³-hybridized carbons (Fsp3) is 0.194. The molecule has 0 spiro atoms. The first-order chi connectivity index (χ1) is 17.6. The molecule has 3 aromatic carbocycles. The number of imidazole rings is 1. The Morgan fingerprint density at radius 3 is 1.54 bits per heavy atom. The van der Waals surface area contributed by atoms with Crippen LogP contribution in [0.1, 0.15) is 5.56 Å². The predicted octanol–water partition coefficient (Wildman–Crippen LogP) is 8.15. The molecule has 0 bridgehead atoms. The number of benzene rings is 3. The van der Waals surface area contributed by atoms with E-state index < -0.39 is 16.6 Å². The summed E-state index contributed by atoms with van der Waals surface area (Å²) in [5.41, 5.74) is 10.2. The molecule has 0 N–H and O–H groups in total. The standard InChI is InChI=1S/C23H20N2.C8H18OSi2.Pt/c1-24-18-25(17-19-11-5-2-6-12-19)23(21-15-9-4-10-16-21)22(24)20-13-7-3-8-14-20;1-7-10(3,4)9-11(5,6)8-2;/h2-16H,17H2,1H3;7-8H,1-2H2,3-6H3;. The van der Waals surface area contributed by atoms with Crippen molar-refractivity contribution in [3.63, 3.8) is 0 Å². The van der Waals surface area contributed by atoms with Crippen molar-refractivity contribution in [1.82, 2.24) is 9.13 Å². The van der Waals surface area contributed by atoms with Gasteiger partial charge in [-0.3, -0.25) is 0 Å². The Kier molecular flexibility index (Phi) is 10.0. The van der Waals surface area contributed by atoms with Crippen LogP contribution >= 0.6 is 0 Å². The molecule has 196 valence electrons. The zero-order valence-electron chi connectivity index (χ0n) is 22.6. The number of hydrogen-bond acceptors (Lipinski definition) is 1. The number of hydrogen-bond donors (Lipinski definition) is 0. The van der Waals surface area contributed by atoms with Crippen LogP contribution in [0.2, 0.25) is 26.2 Å². The monoisotopic (exact) mass is 705 g/mol. The molecule has 3 nitrogen and oxygen atoms in total. The summed E-state index contributed by atoms with van der Waals surface area (Å²) >= 11 is 2.44. The van der Waals surface area contributed by atoms with Gasteiger partial charge in [-0.1, -0.05) is 11.4 Å². The van der Waals surface area contributed by atoms with Gasteiger partial charge in [0.15, 0.2) is 16.6 Å². The Morgan fingerprint density at radius 2 is 1.11 bits per heavy atom. The van der Waals surface area contributed by atoms with Crippen molar-refractivity contribution < 1.29 is 23.5 Å². The first kappa shape index (κ1) is 29.0. The Morgan fingerprint density at radius 1 is 0.703 bits per heavy atom. The molecule has 0 fully saturated rings. The number of aromatic nitrogens is 2. The van der Waals surface area contributed by atoms with E-state index in [0.29, 0.717) is 0 Å². The summed E-state index contributed by atoms with van der Waals surface area (Å²) in [6.07, 6.45) is 0. The third-order valence-corrected chi connectivity index (χ3v) is 13.6.